The molecule has 3 heteroatoms. The maximum atomic E-state index is 5.01. The molecule has 5 rings (SSSR count). The van der Waals surface area contributed by atoms with E-state index in [1.54, 1.807) is 0 Å². The predicted molar refractivity (Wildman–Crippen MR) is 111 cm³/mol. The first-order chi connectivity index (χ1) is 13.3. The van der Waals surface area contributed by atoms with Crippen LogP contribution in [0, 0.1) is 6.92 Å². The summed E-state index contributed by atoms with van der Waals surface area (Å²) in [6, 6.07) is 27.1. The molecular weight excluding hydrogens is 330 g/mol. The number of hydrogen-bond donors (Lipinski definition) is 0. The maximum absolute atomic E-state index is 5.01. The summed E-state index contributed by atoms with van der Waals surface area (Å²) in [6.07, 6.45) is 2.11. The van der Waals surface area contributed by atoms with Crippen LogP contribution >= 0.6 is 0 Å². The Morgan fingerprint density at radius 2 is 1.48 bits per heavy atom. The van der Waals surface area contributed by atoms with E-state index < -0.39 is 0 Å². The van der Waals surface area contributed by atoms with Gasteiger partial charge in [-0.1, -0.05) is 72.8 Å². The largest absolute Gasteiger partial charge is 0.325 e. The van der Waals surface area contributed by atoms with Crippen molar-refractivity contribution in [1.29, 1.82) is 0 Å². The summed E-state index contributed by atoms with van der Waals surface area (Å²) in [4.78, 5) is 12.2. The van der Waals surface area contributed by atoms with Gasteiger partial charge in [-0.3, -0.25) is 0 Å². The number of benzene rings is 3. The molecule has 3 nitrogen and oxygen atoms in total. The topological polar surface area (TPSA) is 28.0 Å². The Morgan fingerprint density at radius 3 is 2.22 bits per heavy atom. The van der Waals surface area contributed by atoms with Crippen molar-refractivity contribution < 1.29 is 0 Å². The number of hydrogen-bond acceptors (Lipinski definition) is 3. The van der Waals surface area contributed by atoms with Gasteiger partial charge in [0.25, 0.3) is 0 Å². The van der Waals surface area contributed by atoms with Crippen LogP contribution in [0.2, 0.25) is 0 Å². The normalized spacial score (nSPS) is 15.3. The first kappa shape index (κ1) is 15.8. The molecule has 3 aromatic carbocycles. The average Bonchev–Trinajstić information content (AvgIpc) is 2.73. The Morgan fingerprint density at radius 1 is 0.778 bits per heavy atom. The summed E-state index contributed by atoms with van der Waals surface area (Å²) in [5.74, 6) is 0.916. The molecule has 130 valence electrons. The third-order valence-electron chi connectivity index (χ3n) is 4.92. The van der Waals surface area contributed by atoms with Crippen LogP contribution in [0.4, 0.5) is 5.69 Å². The second kappa shape index (κ2) is 6.36. The molecule has 0 saturated carbocycles. The van der Waals surface area contributed by atoms with Gasteiger partial charge >= 0.3 is 0 Å². The third kappa shape index (κ3) is 2.87. The van der Waals surface area contributed by atoms with Gasteiger partial charge in [-0.25, -0.2) is 9.98 Å². The Balaban J connectivity index is 1.69. The molecule has 0 radical (unpaired) electrons. The highest BCUT2D eigenvalue weighted by Gasteiger charge is 2.27. The minimum atomic E-state index is 0.802. The summed E-state index contributed by atoms with van der Waals surface area (Å²) >= 11 is 0. The summed E-state index contributed by atoms with van der Waals surface area (Å²) in [7, 11) is 0. The van der Waals surface area contributed by atoms with Crippen molar-refractivity contribution in [2.45, 2.75) is 13.5 Å². The zero-order chi connectivity index (χ0) is 18.2. The SMILES string of the molecule is Cc1ccc2c(c1)N=C1C(c3ccccc3)=NC(c3ccccc3)=CN1C2. The monoisotopic (exact) mass is 349 g/mol. The predicted octanol–water partition coefficient (Wildman–Crippen LogP) is 5.34. The molecular formula is C24H19N3. The highest BCUT2D eigenvalue weighted by atomic mass is 15.2. The van der Waals surface area contributed by atoms with Gasteiger partial charge in [-0.05, 0) is 24.1 Å². The van der Waals surface area contributed by atoms with E-state index in [0.717, 1.165) is 40.6 Å². The van der Waals surface area contributed by atoms with E-state index in [-0.39, 0.29) is 0 Å². The minimum absolute atomic E-state index is 0.802. The fourth-order valence-electron chi connectivity index (χ4n) is 3.53. The van der Waals surface area contributed by atoms with Crippen LogP contribution in [0.15, 0.2) is 95.0 Å². The number of nitrogens with zero attached hydrogens (tertiary/aromatic N) is 3. The Labute approximate surface area is 159 Å². The molecule has 2 aliphatic rings. The van der Waals surface area contributed by atoms with Gasteiger partial charge in [0.1, 0.15) is 5.71 Å². The molecule has 2 aliphatic heterocycles. The van der Waals surface area contributed by atoms with Crippen LogP contribution < -0.4 is 0 Å². The maximum Gasteiger partial charge on any atom is 0.160 e. The van der Waals surface area contributed by atoms with E-state index in [4.69, 9.17) is 9.98 Å². The highest BCUT2D eigenvalue weighted by molar-refractivity contribution is 6.49. The van der Waals surface area contributed by atoms with Crippen LogP contribution in [-0.2, 0) is 6.54 Å². The van der Waals surface area contributed by atoms with Gasteiger partial charge in [0.15, 0.2) is 5.84 Å². The van der Waals surface area contributed by atoms with Gasteiger partial charge < -0.3 is 4.90 Å². The lowest BCUT2D eigenvalue weighted by atomic mass is 10.0. The molecule has 0 aliphatic carbocycles. The zero-order valence-electron chi connectivity index (χ0n) is 15.1. The molecule has 0 bridgehead atoms. The van der Waals surface area contributed by atoms with Gasteiger partial charge in [0.05, 0.1) is 17.9 Å². The van der Waals surface area contributed by atoms with Crippen LogP contribution in [-0.4, -0.2) is 16.4 Å². The molecule has 3 aromatic rings. The summed E-state index contributed by atoms with van der Waals surface area (Å²) in [5.41, 5.74) is 7.58. The second-order valence-electron chi connectivity index (χ2n) is 6.90. The van der Waals surface area contributed by atoms with Crippen LogP contribution in [0.25, 0.3) is 5.70 Å². The van der Waals surface area contributed by atoms with E-state index in [1.165, 1.54) is 11.1 Å². The summed E-state index contributed by atoms with van der Waals surface area (Å²) < 4.78 is 0. The Bertz CT molecular complexity index is 1090. The lowest BCUT2D eigenvalue weighted by Gasteiger charge is -2.32. The second-order valence-corrected chi connectivity index (χ2v) is 6.90. The number of aliphatic imine (C=N–C) groups is 2. The molecule has 0 spiro atoms. The van der Waals surface area contributed by atoms with E-state index in [1.807, 2.05) is 36.4 Å². The van der Waals surface area contributed by atoms with Crippen LogP contribution in [0.1, 0.15) is 22.3 Å². The van der Waals surface area contributed by atoms with Gasteiger partial charge in [-0.15, -0.1) is 0 Å². The van der Waals surface area contributed by atoms with E-state index in [2.05, 4.69) is 60.5 Å². The van der Waals surface area contributed by atoms with Gasteiger partial charge in [0, 0.05) is 17.3 Å². The Kier molecular flexibility index (Phi) is 3.72. The van der Waals surface area contributed by atoms with Gasteiger partial charge in [0.2, 0.25) is 0 Å². The molecule has 0 saturated heterocycles. The van der Waals surface area contributed by atoms with E-state index in [0.29, 0.717) is 0 Å². The fourth-order valence-corrected chi connectivity index (χ4v) is 3.53. The number of amidine groups is 1. The lowest BCUT2D eigenvalue weighted by Crippen LogP contribution is -2.37. The van der Waals surface area contributed by atoms with Gasteiger partial charge in [-0.2, -0.15) is 0 Å². The quantitative estimate of drug-likeness (QED) is 0.613. The summed E-state index contributed by atoms with van der Waals surface area (Å²) in [5, 5.41) is 0. The van der Waals surface area contributed by atoms with E-state index >= 15 is 0 Å². The van der Waals surface area contributed by atoms with Crippen molar-refractivity contribution in [2.75, 3.05) is 0 Å². The van der Waals surface area contributed by atoms with Crippen molar-refractivity contribution in [2.24, 2.45) is 9.98 Å². The smallest absolute Gasteiger partial charge is 0.160 e. The highest BCUT2D eigenvalue weighted by Crippen LogP contribution is 2.32. The number of rotatable bonds is 2. The Hall–Kier alpha value is -3.46. The lowest BCUT2D eigenvalue weighted by molar-refractivity contribution is 0.549. The molecule has 2 heterocycles. The van der Waals surface area contributed by atoms with Crippen LogP contribution in [0.3, 0.4) is 0 Å². The molecule has 0 amide bonds. The van der Waals surface area contributed by atoms with Crippen molar-refractivity contribution in [3.8, 4) is 0 Å². The first-order valence-electron chi connectivity index (χ1n) is 9.14. The molecule has 0 fully saturated rings. The first-order valence-corrected chi connectivity index (χ1v) is 9.14. The van der Waals surface area contributed by atoms with Crippen molar-refractivity contribution in [3.63, 3.8) is 0 Å². The minimum Gasteiger partial charge on any atom is -0.325 e. The fraction of sp³-hybridized carbons (Fsp3) is 0.0833. The number of aryl methyl sites for hydroxylation is 1. The van der Waals surface area contributed by atoms with Crippen molar-refractivity contribution in [3.05, 3.63) is 107 Å². The van der Waals surface area contributed by atoms with Crippen molar-refractivity contribution in [1.82, 2.24) is 4.90 Å². The molecule has 0 N–H and O–H groups in total. The standard InChI is InChI=1S/C24H19N3/c1-17-12-13-20-15-27-16-22(18-8-4-2-5-9-18)25-23(19-10-6-3-7-11-19)24(27)26-21(20)14-17/h2-14,16H,15H2,1H3. The zero-order valence-corrected chi connectivity index (χ0v) is 15.1. The van der Waals surface area contributed by atoms with Crippen molar-refractivity contribution >= 4 is 22.9 Å². The molecule has 0 aromatic heterocycles. The third-order valence-corrected chi connectivity index (χ3v) is 4.92. The van der Waals surface area contributed by atoms with Crippen LogP contribution in [0.5, 0.6) is 0 Å². The number of fused-ring (bicyclic) bond motifs is 2. The summed E-state index contributed by atoms with van der Waals surface area (Å²) in [6.45, 7) is 2.91. The molecule has 27 heavy (non-hydrogen) atoms. The van der Waals surface area contributed by atoms with E-state index in [9.17, 15) is 0 Å². The molecule has 0 atom stereocenters. The molecule has 0 unspecified atom stereocenters. The average molecular weight is 349 g/mol.